The largest absolute Gasteiger partial charge is 0.486 e. The molecule has 1 fully saturated rings. The quantitative estimate of drug-likeness (QED) is 0.909. The average Bonchev–Trinajstić information content (AvgIpc) is 3.31. The van der Waals surface area contributed by atoms with Crippen molar-refractivity contribution in [1.29, 1.82) is 5.26 Å². The van der Waals surface area contributed by atoms with E-state index in [0.717, 1.165) is 29.8 Å². The molecule has 1 amide bonds. The molecule has 0 bridgehead atoms. The summed E-state index contributed by atoms with van der Waals surface area (Å²) in [6.07, 6.45) is 3.08. The molecule has 1 saturated carbocycles. The summed E-state index contributed by atoms with van der Waals surface area (Å²) in [6, 6.07) is 7.88. The minimum atomic E-state index is -0.900. The third kappa shape index (κ3) is 2.94. The zero-order valence-corrected chi connectivity index (χ0v) is 14.4. The Morgan fingerprint density at radius 2 is 2.00 bits per heavy atom. The number of rotatable bonds is 3. The molecule has 1 N–H and O–H groups in total. The van der Waals surface area contributed by atoms with Gasteiger partial charge in [0.2, 0.25) is 5.91 Å². The molecule has 4 rings (SSSR count). The van der Waals surface area contributed by atoms with E-state index in [-0.39, 0.29) is 5.91 Å². The molecule has 2 aromatic rings. The standard InChI is InChI=1S/C18H17N3O3S/c19-11-18(5-1-2-6-18)16(22)21-17-20-13(10-25-17)12-3-4-14-15(9-12)24-8-7-23-14/h3-4,9-10H,1-2,5-8H2,(H,20,21,22). The Kier molecular flexibility index (Phi) is 4.06. The molecular weight excluding hydrogens is 338 g/mol. The van der Waals surface area contributed by atoms with Crippen molar-refractivity contribution in [2.45, 2.75) is 25.7 Å². The Labute approximate surface area is 149 Å². The van der Waals surface area contributed by atoms with Gasteiger partial charge in [0.1, 0.15) is 18.6 Å². The summed E-state index contributed by atoms with van der Waals surface area (Å²) >= 11 is 1.35. The van der Waals surface area contributed by atoms with Crippen LogP contribution in [0.2, 0.25) is 0 Å². The zero-order valence-electron chi connectivity index (χ0n) is 13.6. The molecule has 1 aliphatic carbocycles. The Balaban J connectivity index is 1.53. The van der Waals surface area contributed by atoms with Gasteiger partial charge in [-0.3, -0.25) is 4.79 Å². The number of aromatic nitrogens is 1. The summed E-state index contributed by atoms with van der Waals surface area (Å²) in [4.78, 5) is 17.0. The highest BCUT2D eigenvalue weighted by atomic mass is 32.1. The predicted molar refractivity (Wildman–Crippen MR) is 93.7 cm³/mol. The average molecular weight is 355 g/mol. The summed E-state index contributed by atoms with van der Waals surface area (Å²) < 4.78 is 11.1. The fourth-order valence-corrected chi connectivity index (χ4v) is 3.97. The number of nitrogens with one attached hydrogen (secondary N) is 1. The molecule has 0 spiro atoms. The van der Waals surface area contributed by atoms with Crippen molar-refractivity contribution in [2.75, 3.05) is 18.5 Å². The number of anilines is 1. The summed E-state index contributed by atoms with van der Waals surface area (Å²) in [6.45, 7) is 1.09. The van der Waals surface area contributed by atoms with Crippen molar-refractivity contribution >= 4 is 22.4 Å². The first-order valence-corrected chi connectivity index (χ1v) is 9.16. The first-order valence-electron chi connectivity index (χ1n) is 8.28. The monoisotopic (exact) mass is 355 g/mol. The van der Waals surface area contributed by atoms with Crippen LogP contribution in [0.3, 0.4) is 0 Å². The molecule has 0 radical (unpaired) electrons. The SMILES string of the molecule is N#CC1(C(=O)Nc2nc(-c3ccc4c(c3)OCCO4)cs2)CCCC1. The van der Waals surface area contributed by atoms with Crippen molar-refractivity contribution < 1.29 is 14.3 Å². The number of carbonyl (C=O) groups excluding carboxylic acids is 1. The summed E-state index contributed by atoms with van der Waals surface area (Å²) in [5.74, 6) is 1.20. The van der Waals surface area contributed by atoms with Gasteiger partial charge in [-0.15, -0.1) is 11.3 Å². The van der Waals surface area contributed by atoms with Crippen molar-refractivity contribution in [1.82, 2.24) is 4.98 Å². The molecule has 128 valence electrons. The third-order valence-corrected chi connectivity index (χ3v) is 5.43. The van der Waals surface area contributed by atoms with Gasteiger partial charge in [-0.25, -0.2) is 4.98 Å². The number of thiazole rings is 1. The zero-order chi connectivity index (χ0) is 17.3. The molecule has 2 heterocycles. The number of fused-ring (bicyclic) bond motifs is 1. The van der Waals surface area contributed by atoms with Gasteiger partial charge in [0.25, 0.3) is 0 Å². The molecule has 7 heteroatoms. The summed E-state index contributed by atoms with van der Waals surface area (Å²) in [5.41, 5.74) is 0.759. The van der Waals surface area contributed by atoms with Gasteiger partial charge in [0.05, 0.1) is 11.8 Å². The lowest BCUT2D eigenvalue weighted by molar-refractivity contribution is -0.122. The summed E-state index contributed by atoms with van der Waals surface area (Å²) in [7, 11) is 0. The molecule has 0 unspecified atom stereocenters. The Bertz CT molecular complexity index is 849. The van der Waals surface area contributed by atoms with Gasteiger partial charge in [-0.05, 0) is 31.0 Å². The summed E-state index contributed by atoms with van der Waals surface area (Å²) in [5, 5.41) is 14.6. The topological polar surface area (TPSA) is 84.2 Å². The first kappa shape index (κ1) is 15.9. The molecular formula is C18H17N3O3S. The van der Waals surface area contributed by atoms with Gasteiger partial charge in [-0.1, -0.05) is 12.8 Å². The number of nitriles is 1. The highest BCUT2D eigenvalue weighted by Crippen LogP contribution is 2.39. The fourth-order valence-electron chi connectivity index (χ4n) is 3.25. The second kappa shape index (κ2) is 6.37. The molecule has 25 heavy (non-hydrogen) atoms. The number of carbonyl (C=O) groups is 1. The number of nitrogens with zero attached hydrogens (tertiary/aromatic N) is 2. The molecule has 2 aliphatic rings. The van der Waals surface area contributed by atoms with Crippen LogP contribution in [0, 0.1) is 16.7 Å². The van der Waals surface area contributed by atoms with Crippen LogP contribution in [0.5, 0.6) is 11.5 Å². The van der Waals surface area contributed by atoms with Crippen LogP contribution in [0.1, 0.15) is 25.7 Å². The van der Waals surface area contributed by atoms with E-state index in [4.69, 9.17) is 9.47 Å². The van der Waals surface area contributed by atoms with E-state index in [2.05, 4.69) is 16.4 Å². The van der Waals surface area contributed by atoms with Crippen molar-refractivity contribution in [3.05, 3.63) is 23.6 Å². The second-order valence-electron chi connectivity index (χ2n) is 6.25. The van der Waals surface area contributed by atoms with Crippen LogP contribution >= 0.6 is 11.3 Å². The molecule has 0 saturated heterocycles. The lowest BCUT2D eigenvalue weighted by Crippen LogP contribution is -2.32. The fraction of sp³-hybridized carbons (Fsp3) is 0.389. The van der Waals surface area contributed by atoms with Gasteiger partial charge in [-0.2, -0.15) is 5.26 Å². The number of benzene rings is 1. The lowest BCUT2D eigenvalue weighted by Gasteiger charge is -2.18. The van der Waals surface area contributed by atoms with Crippen LogP contribution in [-0.2, 0) is 4.79 Å². The van der Waals surface area contributed by atoms with Crippen molar-refractivity contribution in [2.24, 2.45) is 5.41 Å². The van der Waals surface area contributed by atoms with E-state index in [1.807, 2.05) is 23.6 Å². The Morgan fingerprint density at radius 1 is 1.24 bits per heavy atom. The maximum Gasteiger partial charge on any atom is 0.246 e. The number of hydrogen-bond donors (Lipinski definition) is 1. The highest BCUT2D eigenvalue weighted by Gasteiger charge is 2.41. The number of hydrogen-bond acceptors (Lipinski definition) is 6. The van der Waals surface area contributed by atoms with Crippen LogP contribution in [0.25, 0.3) is 11.3 Å². The van der Waals surface area contributed by atoms with Crippen LogP contribution in [0.15, 0.2) is 23.6 Å². The smallest absolute Gasteiger partial charge is 0.246 e. The normalized spacial score (nSPS) is 17.7. The van der Waals surface area contributed by atoms with E-state index in [1.54, 1.807) is 0 Å². The van der Waals surface area contributed by atoms with E-state index < -0.39 is 5.41 Å². The van der Waals surface area contributed by atoms with Crippen LogP contribution < -0.4 is 14.8 Å². The first-order chi connectivity index (χ1) is 12.2. The second-order valence-corrected chi connectivity index (χ2v) is 7.11. The number of amides is 1. The van der Waals surface area contributed by atoms with Crippen LogP contribution in [0.4, 0.5) is 5.13 Å². The minimum absolute atomic E-state index is 0.240. The molecule has 1 aromatic heterocycles. The van der Waals surface area contributed by atoms with E-state index in [0.29, 0.717) is 36.9 Å². The Morgan fingerprint density at radius 3 is 2.76 bits per heavy atom. The van der Waals surface area contributed by atoms with E-state index >= 15 is 0 Å². The van der Waals surface area contributed by atoms with Gasteiger partial charge in [0.15, 0.2) is 16.6 Å². The Hall–Kier alpha value is -2.59. The molecule has 1 aliphatic heterocycles. The molecule has 6 nitrogen and oxygen atoms in total. The van der Waals surface area contributed by atoms with Crippen LogP contribution in [-0.4, -0.2) is 24.1 Å². The molecule has 0 atom stereocenters. The number of ether oxygens (including phenoxy) is 2. The maximum absolute atomic E-state index is 12.5. The predicted octanol–water partition coefficient (Wildman–Crippen LogP) is 3.60. The third-order valence-electron chi connectivity index (χ3n) is 4.67. The van der Waals surface area contributed by atoms with Gasteiger partial charge >= 0.3 is 0 Å². The van der Waals surface area contributed by atoms with E-state index in [9.17, 15) is 10.1 Å². The highest BCUT2D eigenvalue weighted by molar-refractivity contribution is 7.14. The molecule has 1 aromatic carbocycles. The minimum Gasteiger partial charge on any atom is -0.486 e. The van der Waals surface area contributed by atoms with E-state index in [1.165, 1.54) is 11.3 Å². The van der Waals surface area contributed by atoms with Crippen molar-refractivity contribution in [3.8, 4) is 28.8 Å². The van der Waals surface area contributed by atoms with Gasteiger partial charge in [0, 0.05) is 10.9 Å². The van der Waals surface area contributed by atoms with Gasteiger partial charge < -0.3 is 14.8 Å². The van der Waals surface area contributed by atoms with Crippen molar-refractivity contribution in [3.63, 3.8) is 0 Å². The lowest BCUT2D eigenvalue weighted by atomic mass is 9.87. The maximum atomic E-state index is 12.5.